The third kappa shape index (κ3) is 3.06. The molecule has 18 heavy (non-hydrogen) atoms. The number of aromatic carboxylic acids is 1. The lowest BCUT2D eigenvalue weighted by molar-refractivity contribution is 0.0695. The van der Waals surface area contributed by atoms with Crippen molar-refractivity contribution in [1.82, 2.24) is 5.32 Å². The maximum absolute atomic E-state index is 11.1. The van der Waals surface area contributed by atoms with Gasteiger partial charge >= 0.3 is 5.97 Å². The van der Waals surface area contributed by atoms with E-state index in [1.54, 1.807) is 12.1 Å². The third-order valence-corrected chi connectivity index (χ3v) is 4.73. The van der Waals surface area contributed by atoms with Crippen molar-refractivity contribution >= 4 is 17.7 Å². The Morgan fingerprint density at radius 1 is 1.44 bits per heavy atom. The standard InChI is InChI=1S/C14H19NO2S/c1-18-13-8-4-7-12(13)15-9-10-5-2-3-6-11(10)14(16)17/h2-3,5-6,12-13,15H,4,7-9H2,1H3,(H,16,17). The van der Waals surface area contributed by atoms with Crippen LogP contribution in [0.4, 0.5) is 0 Å². The predicted molar refractivity (Wildman–Crippen MR) is 75.2 cm³/mol. The molecule has 1 aliphatic carbocycles. The molecule has 0 bridgehead atoms. The van der Waals surface area contributed by atoms with Crippen LogP contribution < -0.4 is 5.32 Å². The number of nitrogens with one attached hydrogen (secondary N) is 1. The predicted octanol–water partition coefficient (Wildman–Crippen LogP) is 2.76. The summed E-state index contributed by atoms with van der Waals surface area (Å²) >= 11 is 1.91. The fraction of sp³-hybridized carbons (Fsp3) is 0.500. The van der Waals surface area contributed by atoms with E-state index >= 15 is 0 Å². The van der Waals surface area contributed by atoms with E-state index < -0.39 is 5.97 Å². The molecule has 2 rings (SSSR count). The van der Waals surface area contributed by atoms with Gasteiger partial charge in [0.2, 0.25) is 0 Å². The Balaban J connectivity index is 2.00. The Hall–Kier alpha value is -1.00. The van der Waals surface area contributed by atoms with Crippen molar-refractivity contribution < 1.29 is 9.90 Å². The zero-order valence-electron chi connectivity index (χ0n) is 10.6. The quantitative estimate of drug-likeness (QED) is 0.859. The van der Waals surface area contributed by atoms with Crippen LogP contribution in [0, 0.1) is 0 Å². The minimum Gasteiger partial charge on any atom is -0.478 e. The molecular weight excluding hydrogens is 246 g/mol. The summed E-state index contributed by atoms with van der Waals surface area (Å²) in [5.41, 5.74) is 1.28. The van der Waals surface area contributed by atoms with Crippen LogP contribution in [0.15, 0.2) is 24.3 Å². The van der Waals surface area contributed by atoms with E-state index in [1.807, 2.05) is 23.9 Å². The van der Waals surface area contributed by atoms with Gasteiger partial charge in [-0.25, -0.2) is 4.79 Å². The summed E-state index contributed by atoms with van der Waals surface area (Å²) in [4.78, 5) is 11.1. The van der Waals surface area contributed by atoms with Gasteiger partial charge in [0, 0.05) is 17.8 Å². The van der Waals surface area contributed by atoms with E-state index in [4.69, 9.17) is 5.11 Å². The number of hydrogen-bond acceptors (Lipinski definition) is 3. The van der Waals surface area contributed by atoms with Gasteiger partial charge in [-0.15, -0.1) is 0 Å². The molecule has 0 aliphatic heterocycles. The van der Waals surface area contributed by atoms with Crippen LogP contribution in [0.25, 0.3) is 0 Å². The van der Waals surface area contributed by atoms with Crippen LogP contribution in [0.3, 0.4) is 0 Å². The zero-order chi connectivity index (χ0) is 13.0. The summed E-state index contributed by atoms with van der Waals surface area (Å²) in [7, 11) is 0. The number of carboxylic acids is 1. The highest BCUT2D eigenvalue weighted by atomic mass is 32.2. The molecule has 3 nitrogen and oxygen atoms in total. The fourth-order valence-corrected chi connectivity index (χ4v) is 3.53. The van der Waals surface area contributed by atoms with Gasteiger partial charge in [-0.1, -0.05) is 24.6 Å². The van der Waals surface area contributed by atoms with Crippen molar-refractivity contribution in [2.45, 2.75) is 37.1 Å². The third-order valence-electron chi connectivity index (χ3n) is 3.56. The topological polar surface area (TPSA) is 49.3 Å². The first-order chi connectivity index (χ1) is 8.72. The molecule has 98 valence electrons. The van der Waals surface area contributed by atoms with Gasteiger partial charge in [-0.2, -0.15) is 11.8 Å². The average molecular weight is 265 g/mol. The SMILES string of the molecule is CSC1CCCC1NCc1ccccc1C(=O)O. The number of benzene rings is 1. The number of hydrogen-bond donors (Lipinski definition) is 2. The second-order valence-electron chi connectivity index (χ2n) is 4.65. The minimum absolute atomic E-state index is 0.406. The fourth-order valence-electron chi connectivity index (χ4n) is 2.57. The van der Waals surface area contributed by atoms with E-state index in [2.05, 4.69) is 11.6 Å². The molecule has 2 atom stereocenters. The second-order valence-corrected chi connectivity index (χ2v) is 5.73. The lowest BCUT2D eigenvalue weighted by Crippen LogP contribution is -2.33. The highest BCUT2D eigenvalue weighted by Crippen LogP contribution is 2.28. The average Bonchev–Trinajstić information content (AvgIpc) is 2.84. The van der Waals surface area contributed by atoms with Gasteiger partial charge in [0.25, 0.3) is 0 Å². The van der Waals surface area contributed by atoms with Crippen LogP contribution in [-0.2, 0) is 6.54 Å². The first kappa shape index (κ1) is 13.4. The molecule has 0 saturated heterocycles. The molecular formula is C14H19NO2S. The van der Waals surface area contributed by atoms with Gasteiger partial charge in [0.05, 0.1) is 5.56 Å². The molecule has 0 aromatic heterocycles. The smallest absolute Gasteiger partial charge is 0.336 e. The minimum atomic E-state index is -0.847. The maximum Gasteiger partial charge on any atom is 0.336 e. The van der Waals surface area contributed by atoms with Crippen LogP contribution in [0.1, 0.15) is 35.2 Å². The van der Waals surface area contributed by atoms with E-state index in [-0.39, 0.29) is 0 Å². The van der Waals surface area contributed by atoms with Crippen molar-refractivity contribution in [2.24, 2.45) is 0 Å². The maximum atomic E-state index is 11.1. The summed E-state index contributed by atoms with van der Waals surface area (Å²) < 4.78 is 0. The second kappa shape index (κ2) is 6.25. The van der Waals surface area contributed by atoms with Gasteiger partial charge in [0.1, 0.15) is 0 Å². The Bertz CT molecular complexity index is 422. The van der Waals surface area contributed by atoms with Crippen molar-refractivity contribution in [3.63, 3.8) is 0 Å². The molecule has 1 aromatic rings. The Labute approximate surface area is 112 Å². The normalized spacial score (nSPS) is 23.2. The Morgan fingerprint density at radius 2 is 2.22 bits per heavy atom. The summed E-state index contributed by atoms with van der Waals surface area (Å²) in [6.45, 7) is 0.643. The summed E-state index contributed by atoms with van der Waals surface area (Å²) in [5.74, 6) is -0.847. The molecule has 1 aromatic carbocycles. The number of thioether (sulfide) groups is 1. The molecule has 1 fully saturated rings. The zero-order valence-corrected chi connectivity index (χ0v) is 11.4. The van der Waals surface area contributed by atoms with Gasteiger partial charge < -0.3 is 10.4 Å². The van der Waals surface area contributed by atoms with Crippen LogP contribution in [-0.4, -0.2) is 28.6 Å². The first-order valence-electron chi connectivity index (χ1n) is 6.29. The lowest BCUT2D eigenvalue weighted by Gasteiger charge is -2.19. The number of carboxylic acid groups (broad SMARTS) is 1. The first-order valence-corrected chi connectivity index (χ1v) is 7.58. The van der Waals surface area contributed by atoms with E-state index in [9.17, 15) is 4.79 Å². The molecule has 4 heteroatoms. The van der Waals surface area contributed by atoms with Crippen LogP contribution in [0.5, 0.6) is 0 Å². The molecule has 1 aliphatic rings. The summed E-state index contributed by atoms with van der Waals surface area (Å²) in [6, 6.07) is 7.73. The highest BCUT2D eigenvalue weighted by molar-refractivity contribution is 7.99. The number of carbonyl (C=O) groups is 1. The van der Waals surface area contributed by atoms with Crippen LogP contribution in [0.2, 0.25) is 0 Å². The summed E-state index contributed by atoms with van der Waals surface area (Å²) in [5, 5.41) is 13.3. The lowest BCUT2D eigenvalue weighted by atomic mass is 10.1. The van der Waals surface area contributed by atoms with Crippen molar-refractivity contribution in [3.8, 4) is 0 Å². The molecule has 1 saturated carbocycles. The van der Waals surface area contributed by atoms with Crippen molar-refractivity contribution in [2.75, 3.05) is 6.26 Å². The van der Waals surface area contributed by atoms with Gasteiger partial charge in [0.15, 0.2) is 0 Å². The van der Waals surface area contributed by atoms with Crippen molar-refractivity contribution in [1.29, 1.82) is 0 Å². The molecule has 0 radical (unpaired) electrons. The molecule has 0 amide bonds. The molecule has 2 unspecified atom stereocenters. The van der Waals surface area contributed by atoms with Crippen LogP contribution >= 0.6 is 11.8 Å². The summed E-state index contributed by atoms with van der Waals surface area (Å²) in [6.07, 6.45) is 5.87. The number of rotatable bonds is 5. The molecule has 2 N–H and O–H groups in total. The Kier molecular flexibility index (Phi) is 4.66. The Morgan fingerprint density at radius 3 is 2.94 bits per heavy atom. The largest absolute Gasteiger partial charge is 0.478 e. The molecule has 0 spiro atoms. The van der Waals surface area contributed by atoms with Crippen molar-refractivity contribution in [3.05, 3.63) is 35.4 Å². The van der Waals surface area contributed by atoms with E-state index in [0.717, 1.165) is 5.56 Å². The van der Waals surface area contributed by atoms with E-state index in [0.29, 0.717) is 23.4 Å². The van der Waals surface area contributed by atoms with Gasteiger partial charge in [-0.05, 0) is 30.7 Å². The molecule has 0 heterocycles. The van der Waals surface area contributed by atoms with E-state index in [1.165, 1.54) is 19.3 Å². The monoisotopic (exact) mass is 265 g/mol. The highest BCUT2D eigenvalue weighted by Gasteiger charge is 2.26. The van der Waals surface area contributed by atoms with Gasteiger partial charge in [-0.3, -0.25) is 0 Å².